The fourth-order valence-electron chi connectivity index (χ4n) is 2.06. The molecule has 2 N–H and O–H groups in total. The van der Waals surface area contributed by atoms with Crippen molar-refractivity contribution in [3.63, 3.8) is 0 Å². The van der Waals surface area contributed by atoms with Crippen LogP contribution >= 0.6 is 11.6 Å². The van der Waals surface area contributed by atoms with E-state index in [0.29, 0.717) is 13.0 Å². The lowest BCUT2D eigenvalue weighted by Crippen LogP contribution is -2.16. The van der Waals surface area contributed by atoms with Crippen LogP contribution in [0.3, 0.4) is 0 Å². The monoisotopic (exact) mass is 302 g/mol. The van der Waals surface area contributed by atoms with E-state index < -0.39 is 0 Å². The molecule has 0 aliphatic heterocycles. The number of anilines is 2. The highest BCUT2D eigenvalue weighted by Gasteiger charge is 2.04. The molecule has 4 heteroatoms. The van der Waals surface area contributed by atoms with Gasteiger partial charge in [0.2, 0.25) is 5.91 Å². The molecular formula is C17H19ClN2O. The number of hydrogen-bond acceptors (Lipinski definition) is 2. The summed E-state index contributed by atoms with van der Waals surface area (Å²) >= 11 is 6.06. The van der Waals surface area contributed by atoms with Gasteiger partial charge in [-0.3, -0.25) is 4.79 Å². The molecule has 0 fully saturated rings. The molecule has 3 nitrogen and oxygen atoms in total. The van der Waals surface area contributed by atoms with E-state index in [1.54, 1.807) is 0 Å². The lowest BCUT2D eigenvalue weighted by molar-refractivity contribution is -0.115. The molecule has 0 heterocycles. The van der Waals surface area contributed by atoms with E-state index in [-0.39, 0.29) is 5.91 Å². The average Bonchev–Trinajstić information content (AvgIpc) is 2.43. The first-order valence-electron chi connectivity index (χ1n) is 6.92. The second-order valence-electron chi connectivity index (χ2n) is 5.01. The van der Waals surface area contributed by atoms with Crippen LogP contribution in [0.1, 0.15) is 17.5 Å². The number of rotatable bonds is 5. The number of carbonyl (C=O) groups is 1. The molecule has 21 heavy (non-hydrogen) atoms. The van der Waals surface area contributed by atoms with Gasteiger partial charge in [0.05, 0.1) is 0 Å². The third-order valence-corrected chi connectivity index (χ3v) is 3.65. The van der Waals surface area contributed by atoms with Crippen LogP contribution in [0.15, 0.2) is 42.5 Å². The normalized spacial score (nSPS) is 10.2. The zero-order valence-corrected chi connectivity index (χ0v) is 13.0. The molecule has 0 saturated carbocycles. The summed E-state index contributed by atoms with van der Waals surface area (Å²) in [5.41, 5.74) is 3.92. The first-order chi connectivity index (χ1) is 10.1. The van der Waals surface area contributed by atoms with E-state index in [1.165, 1.54) is 0 Å². The van der Waals surface area contributed by atoms with Crippen LogP contribution in [0, 0.1) is 13.8 Å². The number of carbonyl (C=O) groups excluding carboxylic acids is 1. The van der Waals surface area contributed by atoms with Crippen LogP contribution < -0.4 is 10.6 Å². The molecular weight excluding hydrogens is 284 g/mol. The van der Waals surface area contributed by atoms with Gasteiger partial charge in [-0.25, -0.2) is 0 Å². The van der Waals surface area contributed by atoms with E-state index in [9.17, 15) is 4.79 Å². The average molecular weight is 303 g/mol. The van der Waals surface area contributed by atoms with Crippen LogP contribution in [-0.4, -0.2) is 12.5 Å². The van der Waals surface area contributed by atoms with Crippen molar-refractivity contribution in [3.05, 3.63) is 58.6 Å². The third-order valence-electron chi connectivity index (χ3n) is 3.24. The maximum atomic E-state index is 11.9. The lowest BCUT2D eigenvalue weighted by atomic mass is 10.2. The van der Waals surface area contributed by atoms with Crippen molar-refractivity contribution in [2.24, 2.45) is 0 Å². The topological polar surface area (TPSA) is 41.1 Å². The Kier molecular flexibility index (Phi) is 5.23. The number of hydrogen-bond donors (Lipinski definition) is 2. The summed E-state index contributed by atoms with van der Waals surface area (Å²) in [6.07, 6.45) is 0.403. The Labute approximate surface area is 130 Å². The van der Waals surface area contributed by atoms with Crippen LogP contribution in [0.25, 0.3) is 0 Å². The van der Waals surface area contributed by atoms with Gasteiger partial charge < -0.3 is 10.6 Å². The van der Waals surface area contributed by atoms with Crippen molar-refractivity contribution in [1.82, 2.24) is 0 Å². The smallest absolute Gasteiger partial charge is 0.226 e. The zero-order valence-electron chi connectivity index (χ0n) is 12.2. The Hall–Kier alpha value is -2.00. The summed E-state index contributed by atoms with van der Waals surface area (Å²) in [5, 5.41) is 6.85. The Balaban J connectivity index is 1.83. The second kappa shape index (κ2) is 7.14. The van der Waals surface area contributed by atoms with E-state index in [4.69, 9.17) is 11.6 Å². The Morgan fingerprint density at radius 2 is 1.90 bits per heavy atom. The fourth-order valence-corrected chi connectivity index (χ4v) is 2.23. The minimum absolute atomic E-state index is 0.00668. The molecule has 0 bridgehead atoms. The SMILES string of the molecule is Cc1cccc(NC(=O)CCNc2cccc(Cl)c2C)c1. The molecule has 0 spiro atoms. The number of aryl methyl sites for hydroxylation is 1. The van der Waals surface area contributed by atoms with Crippen molar-refractivity contribution in [1.29, 1.82) is 0 Å². The standard InChI is InChI=1S/C17H19ClN2O/c1-12-5-3-6-14(11-12)20-17(21)9-10-19-16-8-4-7-15(18)13(16)2/h3-8,11,19H,9-10H2,1-2H3,(H,20,21). The van der Waals surface area contributed by atoms with Crippen LogP contribution in [0.2, 0.25) is 5.02 Å². The summed E-state index contributed by atoms with van der Waals surface area (Å²) in [7, 11) is 0. The highest BCUT2D eigenvalue weighted by Crippen LogP contribution is 2.22. The molecule has 0 atom stereocenters. The molecule has 2 aromatic carbocycles. The third kappa shape index (κ3) is 4.50. The predicted octanol–water partition coefficient (Wildman–Crippen LogP) is 4.40. The summed E-state index contributed by atoms with van der Waals surface area (Å²) < 4.78 is 0. The van der Waals surface area contributed by atoms with Crippen LogP contribution in [0.4, 0.5) is 11.4 Å². The second-order valence-corrected chi connectivity index (χ2v) is 5.41. The van der Waals surface area contributed by atoms with Gasteiger partial charge in [0.15, 0.2) is 0 Å². The Bertz CT molecular complexity index is 640. The molecule has 0 aliphatic carbocycles. The van der Waals surface area contributed by atoms with E-state index >= 15 is 0 Å². The molecule has 1 amide bonds. The molecule has 2 rings (SSSR count). The summed E-state index contributed by atoms with van der Waals surface area (Å²) in [6.45, 7) is 4.52. The highest BCUT2D eigenvalue weighted by molar-refractivity contribution is 6.31. The van der Waals surface area contributed by atoms with Gasteiger partial charge in [0.25, 0.3) is 0 Å². The fraction of sp³-hybridized carbons (Fsp3) is 0.235. The van der Waals surface area contributed by atoms with E-state index in [0.717, 1.165) is 27.5 Å². The molecule has 110 valence electrons. The molecule has 2 aromatic rings. The minimum atomic E-state index is -0.00668. The number of nitrogens with one attached hydrogen (secondary N) is 2. The maximum absolute atomic E-state index is 11.9. The number of benzene rings is 2. The van der Waals surface area contributed by atoms with Gasteiger partial charge in [0.1, 0.15) is 0 Å². The van der Waals surface area contributed by atoms with Gasteiger partial charge in [-0.05, 0) is 49.2 Å². The van der Waals surface area contributed by atoms with Crippen molar-refractivity contribution in [3.8, 4) is 0 Å². The van der Waals surface area contributed by atoms with Gasteiger partial charge in [-0.1, -0.05) is 29.8 Å². The molecule has 0 aliphatic rings. The molecule has 0 unspecified atom stereocenters. The van der Waals surface area contributed by atoms with Gasteiger partial charge in [-0.15, -0.1) is 0 Å². The highest BCUT2D eigenvalue weighted by atomic mass is 35.5. The molecule has 0 aromatic heterocycles. The van der Waals surface area contributed by atoms with Gasteiger partial charge in [0, 0.05) is 29.4 Å². The summed E-state index contributed by atoms with van der Waals surface area (Å²) in [6, 6.07) is 13.5. The van der Waals surface area contributed by atoms with Crippen molar-refractivity contribution < 1.29 is 4.79 Å². The van der Waals surface area contributed by atoms with Crippen LogP contribution in [0.5, 0.6) is 0 Å². The minimum Gasteiger partial charge on any atom is -0.384 e. The van der Waals surface area contributed by atoms with Crippen molar-refractivity contribution in [2.45, 2.75) is 20.3 Å². The predicted molar refractivity (Wildman–Crippen MR) is 89.1 cm³/mol. The van der Waals surface area contributed by atoms with Gasteiger partial charge in [-0.2, -0.15) is 0 Å². The largest absolute Gasteiger partial charge is 0.384 e. The Morgan fingerprint density at radius 3 is 2.67 bits per heavy atom. The Morgan fingerprint density at radius 1 is 1.14 bits per heavy atom. The van der Waals surface area contributed by atoms with Crippen LogP contribution in [-0.2, 0) is 4.79 Å². The first kappa shape index (κ1) is 15.4. The first-order valence-corrected chi connectivity index (χ1v) is 7.29. The van der Waals surface area contributed by atoms with Crippen molar-refractivity contribution >= 4 is 28.9 Å². The number of halogens is 1. The summed E-state index contributed by atoms with van der Waals surface area (Å²) in [4.78, 5) is 11.9. The molecule has 0 radical (unpaired) electrons. The van der Waals surface area contributed by atoms with Gasteiger partial charge >= 0.3 is 0 Å². The maximum Gasteiger partial charge on any atom is 0.226 e. The molecule has 0 saturated heterocycles. The van der Waals surface area contributed by atoms with E-state index in [2.05, 4.69) is 10.6 Å². The lowest BCUT2D eigenvalue weighted by Gasteiger charge is -2.11. The number of amides is 1. The quantitative estimate of drug-likeness (QED) is 0.859. The van der Waals surface area contributed by atoms with Crippen molar-refractivity contribution in [2.75, 3.05) is 17.2 Å². The van der Waals surface area contributed by atoms with E-state index in [1.807, 2.05) is 56.3 Å². The summed E-state index contributed by atoms with van der Waals surface area (Å²) in [5.74, 6) is -0.00668. The zero-order chi connectivity index (χ0) is 15.2.